The minimum atomic E-state index is -0.309. The van der Waals surface area contributed by atoms with Crippen LogP contribution < -0.4 is 5.32 Å². The van der Waals surface area contributed by atoms with Crippen LogP contribution in [0.15, 0.2) is 18.2 Å². The second-order valence-electron chi connectivity index (χ2n) is 7.44. The Morgan fingerprint density at radius 2 is 1.92 bits per heavy atom. The number of piperazine rings is 1. The number of likely N-dealkylation sites (N-methyl/N-ethyl adjacent to an activating group) is 1. The molecule has 1 aliphatic heterocycles. The SMILES string of the molecule is CCc1ccc(C(=O)NC(C)(C)CCN2CCN(C)CC2)c(O)c1. The Morgan fingerprint density at radius 3 is 2.50 bits per heavy atom. The zero-order valence-electron chi connectivity index (χ0n) is 15.4. The Morgan fingerprint density at radius 1 is 1.25 bits per heavy atom. The maximum Gasteiger partial charge on any atom is 0.255 e. The summed E-state index contributed by atoms with van der Waals surface area (Å²) in [6.45, 7) is 11.4. The molecule has 1 aromatic rings. The summed E-state index contributed by atoms with van der Waals surface area (Å²) >= 11 is 0. The Hall–Kier alpha value is -1.59. The van der Waals surface area contributed by atoms with Crippen molar-refractivity contribution in [1.29, 1.82) is 0 Å². The maximum absolute atomic E-state index is 12.5. The molecule has 0 unspecified atom stereocenters. The highest BCUT2D eigenvalue weighted by Crippen LogP contribution is 2.21. The lowest BCUT2D eigenvalue weighted by atomic mass is 9.98. The molecule has 0 saturated carbocycles. The van der Waals surface area contributed by atoms with Gasteiger partial charge in [-0.25, -0.2) is 0 Å². The molecule has 0 atom stereocenters. The van der Waals surface area contributed by atoms with E-state index in [1.807, 2.05) is 26.8 Å². The second-order valence-corrected chi connectivity index (χ2v) is 7.44. The van der Waals surface area contributed by atoms with E-state index in [1.165, 1.54) is 0 Å². The van der Waals surface area contributed by atoms with E-state index in [0.717, 1.165) is 51.1 Å². The van der Waals surface area contributed by atoms with Crippen LogP contribution in [0.1, 0.15) is 43.1 Å². The van der Waals surface area contributed by atoms with Crippen molar-refractivity contribution in [3.63, 3.8) is 0 Å². The summed E-state index contributed by atoms with van der Waals surface area (Å²) in [7, 11) is 2.15. The molecule has 134 valence electrons. The lowest BCUT2D eigenvalue weighted by Gasteiger charge is -2.35. The largest absolute Gasteiger partial charge is 0.507 e. The fourth-order valence-corrected chi connectivity index (χ4v) is 2.94. The topological polar surface area (TPSA) is 55.8 Å². The number of phenolic OH excluding ortho intramolecular Hbond substituents is 1. The quantitative estimate of drug-likeness (QED) is 0.837. The molecule has 5 nitrogen and oxygen atoms in total. The number of phenols is 1. The normalized spacial score (nSPS) is 17.0. The highest BCUT2D eigenvalue weighted by Gasteiger charge is 2.24. The van der Waals surface area contributed by atoms with Crippen LogP contribution in [0, 0.1) is 0 Å². The number of nitrogens with zero attached hydrogens (tertiary/aromatic N) is 2. The van der Waals surface area contributed by atoms with Crippen molar-refractivity contribution in [3.05, 3.63) is 29.3 Å². The molecule has 0 radical (unpaired) electrons. The summed E-state index contributed by atoms with van der Waals surface area (Å²) in [4.78, 5) is 17.3. The second kappa shape index (κ2) is 7.99. The highest BCUT2D eigenvalue weighted by atomic mass is 16.3. The fraction of sp³-hybridized carbons (Fsp3) is 0.632. The zero-order valence-corrected chi connectivity index (χ0v) is 15.4. The third-order valence-corrected chi connectivity index (χ3v) is 4.82. The first-order chi connectivity index (χ1) is 11.3. The van der Waals surface area contributed by atoms with E-state index in [9.17, 15) is 9.90 Å². The molecule has 2 rings (SSSR count). The van der Waals surface area contributed by atoms with Crippen LogP contribution in [0.3, 0.4) is 0 Å². The first-order valence-electron chi connectivity index (χ1n) is 8.86. The summed E-state index contributed by atoms with van der Waals surface area (Å²) in [5.41, 5.74) is 1.06. The van der Waals surface area contributed by atoms with Crippen molar-refractivity contribution in [2.24, 2.45) is 0 Å². The van der Waals surface area contributed by atoms with Gasteiger partial charge in [0.2, 0.25) is 0 Å². The first kappa shape index (κ1) is 18.7. The molecular weight excluding hydrogens is 302 g/mol. The van der Waals surface area contributed by atoms with Gasteiger partial charge in [-0.05, 0) is 51.4 Å². The third-order valence-electron chi connectivity index (χ3n) is 4.82. The van der Waals surface area contributed by atoms with E-state index in [2.05, 4.69) is 22.2 Å². The van der Waals surface area contributed by atoms with Gasteiger partial charge in [-0.2, -0.15) is 0 Å². The van der Waals surface area contributed by atoms with Gasteiger partial charge < -0.3 is 20.2 Å². The monoisotopic (exact) mass is 333 g/mol. The van der Waals surface area contributed by atoms with Crippen LogP contribution in [0.2, 0.25) is 0 Å². The predicted molar refractivity (Wildman–Crippen MR) is 97.6 cm³/mol. The number of aromatic hydroxyl groups is 1. The lowest BCUT2D eigenvalue weighted by Crippen LogP contribution is -2.49. The molecule has 1 saturated heterocycles. The summed E-state index contributed by atoms with van der Waals surface area (Å²) in [6, 6.07) is 5.28. The molecule has 2 N–H and O–H groups in total. The van der Waals surface area contributed by atoms with Crippen molar-refractivity contribution < 1.29 is 9.90 Å². The van der Waals surface area contributed by atoms with Gasteiger partial charge in [-0.15, -0.1) is 0 Å². The maximum atomic E-state index is 12.5. The zero-order chi connectivity index (χ0) is 17.7. The average molecular weight is 333 g/mol. The molecule has 0 bridgehead atoms. The number of rotatable bonds is 6. The van der Waals surface area contributed by atoms with E-state index in [0.29, 0.717) is 5.56 Å². The standard InChI is InChI=1S/C19H31N3O2/c1-5-15-6-7-16(17(23)14-15)18(24)20-19(2,3)8-9-22-12-10-21(4)11-13-22/h6-7,14,23H,5,8-13H2,1-4H3,(H,20,24). The fourth-order valence-electron chi connectivity index (χ4n) is 2.94. The van der Waals surface area contributed by atoms with Crippen LogP contribution in [-0.4, -0.2) is 66.1 Å². The van der Waals surface area contributed by atoms with Gasteiger partial charge in [0, 0.05) is 38.3 Å². The summed E-state index contributed by atoms with van der Waals surface area (Å²) in [5.74, 6) is -0.153. The van der Waals surface area contributed by atoms with E-state index in [-0.39, 0.29) is 17.2 Å². The number of nitrogens with one attached hydrogen (secondary N) is 1. The van der Waals surface area contributed by atoms with E-state index in [1.54, 1.807) is 12.1 Å². The number of hydrogen-bond acceptors (Lipinski definition) is 4. The van der Waals surface area contributed by atoms with Gasteiger partial charge in [0.25, 0.3) is 5.91 Å². The van der Waals surface area contributed by atoms with Crippen LogP contribution in [0.4, 0.5) is 0 Å². The number of carbonyl (C=O) groups is 1. The Labute approximate surface area is 145 Å². The van der Waals surface area contributed by atoms with Crippen molar-refractivity contribution in [2.45, 2.75) is 39.2 Å². The van der Waals surface area contributed by atoms with E-state index in [4.69, 9.17) is 0 Å². The molecule has 0 aliphatic carbocycles. The van der Waals surface area contributed by atoms with Crippen LogP contribution in [0.5, 0.6) is 5.75 Å². The van der Waals surface area contributed by atoms with Crippen LogP contribution in [0.25, 0.3) is 0 Å². The van der Waals surface area contributed by atoms with Gasteiger partial charge in [-0.1, -0.05) is 13.0 Å². The average Bonchev–Trinajstić information content (AvgIpc) is 2.53. The van der Waals surface area contributed by atoms with Gasteiger partial charge in [-0.3, -0.25) is 4.79 Å². The smallest absolute Gasteiger partial charge is 0.255 e. The van der Waals surface area contributed by atoms with Crippen molar-refractivity contribution in [3.8, 4) is 5.75 Å². The van der Waals surface area contributed by atoms with Gasteiger partial charge in [0.05, 0.1) is 5.56 Å². The minimum Gasteiger partial charge on any atom is -0.507 e. The summed E-state index contributed by atoms with van der Waals surface area (Å²) < 4.78 is 0. The summed E-state index contributed by atoms with van der Waals surface area (Å²) in [5, 5.41) is 13.1. The number of aryl methyl sites for hydroxylation is 1. The van der Waals surface area contributed by atoms with Crippen LogP contribution in [-0.2, 0) is 6.42 Å². The molecule has 1 fully saturated rings. The van der Waals surface area contributed by atoms with E-state index < -0.39 is 0 Å². The Balaban J connectivity index is 1.89. The Kier molecular flexibility index (Phi) is 6.24. The highest BCUT2D eigenvalue weighted by molar-refractivity contribution is 5.97. The molecule has 1 aromatic carbocycles. The van der Waals surface area contributed by atoms with Crippen molar-refractivity contribution >= 4 is 5.91 Å². The molecule has 1 heterocycles. The van der Waals surface area contributed by atoms with Crippen LogP contribution >= 0.6 is 0 Å². The number of carbonyl (C=O) groups excluding carboxylic acids is 1. The third kappa shape index (κ3) is 5.21. The molecule has 24 heavy (non-hydrogen) atoms. The minimum absolute atomic E-state index is 0.0571. The van der Waals surface area contributed by atoms with Crippen molar-refractivity contribution in [2.75, 3.05) is 39.8 Å². The van der Waals surface area contributed by atoms with Crippen molar-refractivity contribution in [1.82, 2.24) is 15.1 Å². The number of benzene rings is 1. The number of hydrogen-bond donors (Lipinski definition) is 2. The number of amides is 1. The molecular formula is C19H31N3O2. The Bertz CT molecular complexity index is 564. The van der Waals surface area contributed by atoms with Gasteiger partial charge in [0.15, 0.2) is 0 Å². The molecule has 0 aromatic heterocycles. The van der Waals surface area contributed by atoms with Gasteiger partial charge in [0.1, 0.15) is 5.75 Å². The predicted octanol–water partition coefficient (Wildman–Crippen LogP) is 2.10. The molecule has 0 spiro atoms. The molecule has 1 aliphatic rings. The molecule has 5 heteroatoms. The van der Waals surface area contributed by atoms with Gasteiger partial charge >= 0.3 is 0 Å². The van der Waals surface area contributed by atoms with E-state index >= 15 is 0 Å². The first-order valence-corrected chi connectivity index (χ1v) is 8.86. The summed E-state index contributed by atoms with van der Waals surface area (Å²) in [6.07, 6.45) is 1.72. The molecule has 1 amide bonds. The lowest BCUT2D eigenvalue weighted by molar-refractivity contribution is 0.0890.